The summed E-state index contributed by atoms with van der Waals surface area (Å²) in [5, 5.41) is 30.8. The molecule has 0 atom stereocenters. The second kappa shape index (κ2) is 9.93. The lowest BCUT2D eigenvalue weighted by molar-refractivity contribution is 0.00106. The highest BCUT2D eigenvalue weighted by Crippen LogP contribution is 2.46. The molecule has 6 radical (unpaired) electrons. The van der Waals surface area contributed by atoms with Gasteiger partial charge in [-0.1, -0.05) is 5.24 Å². The van der Waals surface area contributed by atoms with Crippen LogP contribution in [0.1, 0.15) is 23.0 Å². The zero-order valence-electron chi connectivity index (χ0n) is 21.7. The number of aliphatic hydroxyl groups excluding tert-OH is 2. The lowest BCUT2D eigenvalue weighted by Crippen LogP contribution is -2.66. The number of thiophene rings is 1. The first-order valence-corrected chi connectivity index (χ1v) is 12.9. The summed E-state index contributed by atoms with van der Waals surface area (Å²) in [6.45, 7) is 0.117. The van der Waals surface area contributed by atoms with E-state index in [1.807, 2.05) is 42.2 Å². The first kappa shape index (κ1) is 27.1. The molecule has 1 aliphatic rings. The second-order valence-electron chi connectivity index (χ2n) is 9.62. The van der Waals surface area contributed by atoms with Crippen molar-refractivity contribution in [3.63, 3.8) is 0 Å². The van der Waals surface area contributed by atoms with Crippen molar-refractivity contribution < 1.29 is 24.5 Å². The highest BCUT2D eigenvalue weighted by Gasteiger charge is 2.43. The van der Waals surface area contributed by atoms with Gasteiger partial charge in [0.15, 0.2) is 5.69 Å². The van der Waals surface area contributed by atoms with Crippen LogP contribution in [0.2, 0.25) is 0 Å². The number of aliphatic hydroxyl groups is 2. The van der Waals surface area contributed by atoms with Crippen LogP contribution in [0.15, 0.2) is 41.2 Å². The van der Waals surface area contributed by atoms with Crippen LogP contribution in [0.5, 0.6) is 11.5 Å². The molecule has 0 aliphatic carbocycles. The van der Waals surface area contributed by atoms with E-state index >= 15 is 0 Å². The number of fused-ring (bicyclic) bond motifs is 3. The maximum atomic E-state index is 14.0. The molecule has 39 heavy (non-hydrogen) atoms. The first-order chi connectivity index (χ1) is 18.5. The summed E-state index contributed by atoms with van der Waals surface area (Å²) < 4.78 is 15.1. The zero-order chi connectivity index (χ0) is 28.1. The van der Waals surface area contributed by atoms with Crippen molar-refractivity contribution in [2.24, 2.45) is 7.05 Å². The van der Waals surface area contributed by atoms with E-state index in [0.717, 1.165) is 16.2 Å². The van der Waals surface area contributed by atoms with Gasteiger partial charge in [-0.05, 0) is 30.5 Å². The molecule has 4 aromatic rings. The van der Waals surface area contributed by atoms with Crippen LogP contribution in [0.3, 0.4) is 0 Å². The van der Waals surface area contributed by atoms with E-state index in [2.05, 4.69) is 10.2 Å². The Morgan fingerprint density at radius 2 is 1.95 bits per heavy atom. The first-order valence-electron chi connectivity index (χ1n) is 11.9. The number of aryl methyl sites for hydroxylation is 1. The fraction of sp³-hybridized carbons (Fsp3) is 0.320. The van der Waals surface area contributed by atoms with E-state index in [1.165, 1.54) is 18.3 Å². The van der Waals surface area contributed by atoms with Crippen LogP contribution in [-0.4, -0.2) is 95.2 Å². The van der Waals surface area contributed by atoms with Gasteiger partial charge in [-0.25, -0.2) is 4.68 Å². The monoisotopic (exact) mass is 539 g/mol. The average Bonchev–Trinajstić information content (AvgIpc) is 3.66. The molecule has 0 spiro atoms. The number of aromatic nitrogens is 4. The van der Waals surface area contributed by atoms with Crippen molar-refractivity contribution in [1.82, 2.24) is 24.5 Å². The number of amides is 1. The molecule has 0 unspecified atom stereocenters. The third-order valence-corrected chi connectivity index (χ3v) is 7.34. The van der Waals surface area contributed by atoms with Gasteiger partial charge in [-0.3, -0.25) is 9.48 Å². The molecular formula is C25H24B3N5O5S. The van der Waals surface area contributed by atoms with Gasteiger partial charge in [-0.2, -0.15) is 21.5 Å². The third kappa shape index (κ3) is 4.56. The molecular weight excluding hydrogens is 515 g/mol. The fourth-order valence-corrected chi connectivity index (χ4v) is 5.34. The van der Waals surface area contributed by atoms with E-state index in [1.54, 1.807) is 22.5 Å². The number of carbonyl (C=O) groups excluding carboxylic acids is 1. The highest BCUT2D eigenvalue weighted by atomic mass is 32.1. The summed E-state index contributed by atoms with van der Waals surface area (Å²) in [6, 6.07) is 7.40. The van der Waals surface area contributed by atoms with Gasteiger partial charge in [0.25, 0.3) is 5.91 Å². The Morgan fingerprint density at radius 3 is 2.51 bits per heavy atom. The number of ether oxygens (including phenoxy) is 2. The van der Waals surface area contributed by atoms with Gasteiger partial charge in [0.1, 0.15) is 18.1 Å². The van der Waals surface area contributed by atoms with Gasteiger partial charge >= 0.3 is 0 Å². The molecule has 0 saturated carbocycles. The molecule has 3 aromatic heterocycles. The minimum Gasteiger partial charge on any atom is -0.496 e. The predicted molar refractivity (Wildman–Crippen MR) is 149 cm³/mol. The molecule has 194 valence electrons. The topological polar surface area (TPSA) is 115 Å². The third-order valence-electron chi connectivity index (χ3n) is 6.67. The molecule has 0 fully saturated rings. The summed E-state index contributed by atoms with van der Waals surface area (Å²) in [7, 11) is 21.3. The van der Waals surface area contributed by atoms with E-state index in [4.69, 9.17) is 33.0 Å². The zero-order valence-corrected chi connectivity index (χ0v) is 22.5. The maximum Gasteiger partial charge on any atom is 0.273 e. The largest absolute Gasteiger partial charge is 0.496 e. The Kier molecular flexibility index (Phi) is 6.90. The van der Waals surface area contributed by atoms with Crippen LogP contribution in [0.4, 0.5) is 0 Å². The molecule has 1 amide bonds. The molecule has 1 aliphatic heterocycles. The molecule has 2 N–H and O–H groups in total. The van der Waals surface area contributed by atoms with E-state index < -0.39 is 29.9 Å². The van der Waals surface area contributed by atoms with Crippen molar-refractivity contribution in [2.45, 2.75) is 24.3 Å². The molecule has 5 rings (SSSR count). The summed E-state index contributed by atoms with van der Waals surface area (Å²) >= 11 is 1.47. The summed E-state index contributed by atoms with van der Waals surface area (Å²) in [6.07, 6.45) is 1.83. The van der Waals surface area contributed by atoms with Crippen LogP contribution in [0.25, 0.3) is 28.2 Å². The van der Waals surface area contributed by atoms with E-state index in [-0.39, 0.29) is 12.3 Å². The Hall–Kier alpha value is -3.48. The second-order valence-corrected chi connectivity index (χ2v) is 10.4. The Morgan fingerprint density at radius 1 is 1.21 bits per heavy atom. The van der Waals surface area contributed by atoms with Crippen LogP contribution < -0.4 is 9.47 Å². The Labute approximate surface area is 233 Å². The highest BCUT2D eigenvalue weighted by molar-refractivity contribution is 7.08. The molecule has 0 saturated heterocycles. The number of methoxy groups -OCH3 is 1. The van der Waals surface area contributed by atoms with Crippen molar-refractivity contribution >= 4 is 40.8 Å². The molecule has 4 heterocycles. The van der Waals surface area contributed by atoms with Crippen LogP contribution >= 0.6 is 11.3 Å². The molecule has 10 nitrogen and oxygen atoms in total. The lowest BCUT2D eigenvalue weighted by Gasteiger charge is -2.48. The normalized spacial score (nSPS) is 12.9. The van der Waals surface area contributed by atoms with Gasteiger partial charge in [0, 0.05) is 41.4 Å². The van der Waals surface area contributed by atoms with Gasteiger partial charge < -0.3 is 24.6 Å². The Balaban J connectivity index is 1.75. The van der Waals surface area contributed by atoms with Crippen molar-refractivity contribution in [3.8, 4) is 39.7 Å². The van der Waals surface area contributed by atoms with Gasteiger partial charge in [0.2, 0.25) is 0 Å². The molecule has 0 bridgehead atoms. The SMILES string of the molecule is [B]C([B])([B])N(C(=O)c1nn(-c2ccsc2)c2c1COc1cc(OC)c(-c3ccn(C)n3)cc1-2)C(C)(CO)CO. The van der Waals surface area contributed by atoms with Gasteiger partial charge in [-0.15, -0.1) is 0 Å². The minimum absolute atomic E-state index is 0.00481. The van der Waals surface area contributed by atoms with Crippen molar-refractivity contribution in [3.05, 3.63) is 52.5 Å². The van der Waals surface area contributed by atoms with E-state index in [9.17, 15) is 15.0 Å². The molecule has 14 heteroatoms. The lowest BCUT2D eigenvalue weighted by atomic mass is 9.47. The van der Waals surface area contributed by atoms with E-state index in [0.29, 0.717) is 34.0 Å². The smallest absolute Gasteiger partial charge is 0.273 e. The van der Waals surface area contributed by atoms with Crippen molar-refractivity contribution in [2.75, 3.05) is 20.3 Å². The number of benzene rings is 1. The quantitative estimate of drug-likeness (QED) is 0.324. The summed E-state index contributed by atoms with van der Waals surface area (Å²) in [5.74, 6) is 0.331. The number of hydrogen-bond donors (Lipinski definition) is 2. The predicted octanol–water partition coefficient (Wildman–Crippen LogP) is 1.20. The standard InChI is InChI=1S/C25H24B3N5O5S/c1-24(12-34,13-35)33(25(26,27)28)23(36)21-17-10-38-20-9-19(37-3)15(18-4-6-31(2)29-18)8-16(20)22(17)32(30-21)14-5-7-39-11-14/h4-9,11,34-35H,10,12-13H2,1-3H3. The summed E-state index contributed by atoms with van der Waals surface area (Å²) in [5.41, 5.74) is 2.25. The van der Waals surface area contributed by atoms with Crippen LogP contribution in [-0.2, 0) is 13.7 Å². The van der Waals surface area contributed by atoms with Crippen molar-refractivity contribution in [1.29, 1.82) is 0 Å². The summed E-state index contributed by atoms with van der Waals surface area (Å²) in [4.78, 5) is 14.9. The number of nitrogens with zero attached hydrogens (tertiary/aromatic N) is 5. The number of carbonyl (C=O) groups is 1. The maximum absolute atomic E-state index is 14.0. The average molecular weight is 539 g/mol. The van der Waals surface area contributed by atoms with Crippen LogP contribution in [0, 0.1) is 0 Å². The molecule has 1 aromatic carbocycles. The number of rotatable bonds is 8. The fourth-order valence-electron chi connectivity index (χ4n) is 4.73. The Bertz CT molecular complexity index is 1530. The minimum atomic E-state index is -2.22. The number of hydrogen-bond acceptors (Lipinski definition) is 8. The van der Waals surface area contributed by atoms with Gasteiger partial charge in [0.05, 0.1) is 66.5 Å².